The third kappa shape index (κ3) is 3.74. The van der Waals surface area contributed by atoms with Crippen LogP contribution in [0, 0.1) is 5.41 Å². The van der Waals surface area contributed by atoms with Crippen molar-refractivity contribution in [3.63, 3.8) is 0 Å². The molecule has 5 N–H and O–H groups in total. The molecule has 1 aromatic heterocycles. The maximum absolute atomic E-state index is 12.7. The van der Waals surface area contributed by atoms with Gasteiger partial charge in [0.1, 0.15) is 5.84 Å². The first-order valence-electron chi connectivity index (χ1n) is 8.16. The summed E-state index contributed by atoms with van der Waals surface area (Å²) < 4.78 is 2.44. The number of hydrogen-bond donors (Lipinski definition) is 4. The topological polar surface area (TPSA) is 134 Å². The lowest BCUT2D eigenvalue weighted by molar-refractivity contribution is -0.136. The smallest absolute Gasteiger partial charge is 0.340 e. The number of aryl methyl sites for hydroxylation is 1. The molecule has 27 heavy (non-hydrogen) atoms. The molecule has 0 aliphatic rings. The molecule has 0 aliphatic heterocycles. The van der Waals surface area contributed by atoms with Crippen molar-refractivity contribution >= 4 is 11.8 Å². The van der Waals surface area contributed by atoms with Gasteiger partial charge in [-0.25, -0.2) is 9.36 Å². The van der Waals surface area contributed by atoms with Gasteiger partial charge in [-0.05, 0) is 48.4 Å². The summed E-state index contributed by atoms with van der Waals surface area (Å²) in [7, 11) is 0. The van der Waals surface area contributed by atoms with Crippen LogP contribution in [0.3, 0.4) is 0 Å². The molecule has 138 valence electrons. The van der Waals surface area contributed by atoms with E-state index in [0.29, 0.717) is 23.4 Å². The number of hydrogen-bond acceptors (Lipinski definition) is 4. The van der Waals surface area contributed by atoms with E-state index in [1.54, 1.807) is 48.5 Å². The van der Waals surface area contributed by atoms with E-state index >= 15 is 0 Å². The van der Waals surface area contributed by atoms with E-state index in [4.69, 9.17) is 16.2 Å². The zero-order chi connectivity index (χ0) is 19.6. The van der Waals surface area contributed by atoms with Gasteiger partial charge in [0.05, 0.1) is 17.6 Å². The summed E-state index contributed by atoms with van der Waals surface area (Å²) in [6, 6.07) is 13.3. The van der Waals surface area contributed by atoms with Crippen molar-refractivity contribution in [2.75, 3.05) is 0 Å². The highest BCUT2D eigenvalue weighted by Crippen LogP contribution is 2.18. The normalized spacial score (nSPS) is 10.7. The number of imidazole rings is 1. The quantitative estimate of drug-likeness (QED) is 0.388. The summed E-state index contributed by atoms with van der Waals surface area (Å²) in [5.41, 5.74) is 7.32. The number of nitrogens with one attached hydrogen (secondary N) is 1. The van der Waals surface area contributed by atoms with Crippen molar-refractivity contribution in [3.05, 3.63) is 76.3 Å². The third-order valence-electron chi connectivity index (χ3n) is 4.15. The first-order valence-corrected chi connectivity index (χ1v) is 8.16. The maximum Gasteiger partial charge on any atom is 0.340 e. The Hall–Kier alpha value is -3.81. The van der Waals surface area contributed by atoms with Gasteiger partial charge in [0.15, 0.2) is 0 Å². The van der Waals surface area contributed by atoms with Crippen LogP contribution < -0.4 is 11.4 Å². The number of amidine groups is 1. The van der Waals surface area contributed by atoms with Crippen LogP contribution in [0.15, 0.2) is 59.5 Å². The largest absolute Gasteiger partial charge is 0.493 e. The summed E-state index contributed by atoms with van der Waals surface area (Å²) in [5, 5.41) is 26.4. The number of aromatic hydroxyl groups is 1. The molecule has 0 amide bonds. The van der Waals surface area contributed by atoms with E-state index in [1.165, 1.54) is 10.8 Å². The van der Waals surface area contributed by atoms with E-state index in [9.17, 15) is 14.7 Å². The van der Waals surface area contributed by atoms with Crippen LogP contribution in [0.25, 0.3) is 11.4 Å². The van der Waals surface area contributed by atoms with E-state index < -0.39 is 11.7 Å². The lowest BCUT2D eigenvalue weighted by Crippen LogP contribution is -2.22. The molecule has 0 saturated carbocycles. The minimum absolute atomic E-state index is 0.0344. The number of nitrogens with two attached hydrogens (primary N) is 1. The number of carboxylic acid groups (broad SMARTS) is 1. The van der Waals surface area contributed by atoms with Gasteiger partial charge in [-0.3, -0.25) is 14.8 Å². The molecule has 8 nitrogen and oxygen atoms in total. The second-order valence-electron chi connectivity index (χ2n) is 6.00. The molecule has 0 radical (unpaired) electrons. The molecule has 2 aromatic carbocycles. The number of benzene rings is 2. The molecule has 8 heteroatoms. The van der Waals surface area contributed by atoms with E-state index in [1.807, 2.05) is 0 Å². The van der Waals surface area contributed by atoms with Gasteiger partial charge in [0, 0.05) is 12.0 Å². The molecular formula is C19H18N4O4. The average Bonchev–Trinajstić information content (AvgIpc) is 2.95. The first kappa shape index (κ1) is 18.0. The zero-order valence-corrected chi connectivity index (χ0v) is 14.3. The van der Waals surface area contributed by atoms with Crippen LogP contribution in [0.4, 0.5) is 0 Å². The molecule has 3 rings (SSSR count). The minimum Gasteiger partial charge on any atom is -0.493 e. The molecule has 0 saturated heterocycles. The summed E-state index contributed by atoms with van der Waals surface area (Å²) in [6.45, 7) is 0. The molecule has 0 unspecified atom stereocenters. The number of carbonyl (C=O) groups is 1. The standard InChI is InChI=1S/C19H18N4O4/c20-18(21)13-4-8-15(9-5-13)23-16(24)11-22(19(23)27)14-6-1-12(2-7-14)3-10-17(25)26/h1-2,4-9,11,24H,3,10H2,(H3,20,21)(H,25,26). The SMILES string of the molecule is N=C(N)c1ccc(-n2c(O)cn(-c3ccc(CCC(=O)O)cc3)c2=O)cc1. The predicted molar refractivity (Wildman–Crippen MR) is 100 cm³/mol. The van der Waals surface area contributed by atoms with Crippen LogP contribution in [-0.2, 0) is 11.2 Å². The van der Waals surface area contributed by atoms with Crippen molar-refractivity contribution in [2.45, 2.75) is 12.8 Å². The Morgan fingerprint density at radius 3 is 2.19 bits per heavy atom. The fourth-order valence-corrected chi connectivity index (χ4v) is 2.73. The average molecular weight is 366 g/mol. The van der Waals surface area contributed by atoms with Gasteiger partial charge < -0.3 is 15.9 Å². The Bertz CT molecular complexity index is 1050. The van der Waals surface area contributed by atoms with Crippen molar-refractivity contribution in [1.82, 2.24) is 9.13 Å². The van der Waals surface area contributed by atoms with Crippen LogP contribution in [0.2, 0.25) is 0 Å². The van der Waals surface area contributed by atoms with Crippen molar-refractivity contribution in [1.29, 1.82) is 5.41 Å². The Morgan fingerprint density at radius 1 is 1.04 bits per heavy atom. The van der Waals surface area contributed by atoms with Gasteiger partial charge in [0.2, 0.25) is 5.88 Å². The second kappa shape index (κ2) is 7.20. The second-order valence-corrected chi connectivity index (χ2v) is 6.00. The van der Waals surface area contributed by atoms with Crippen LogP contribution in [0.1, 0.15) is 17.5 Å². The number of aromatic nitrogens is 2. The minimum atomic E-state index is -0.868. The van der Waals surface area contributed by atoms with Crippen molar-refractivity contribution in [2.24, 2.45) is 5.73 Å². The maximum atomic E-state index is 12.7. The Morgan fingerprint density at radius 2 is 1.63 bits per heavy atom. The van der Waals surface area contributed by atoms with Gasteiger partial charge in [-0.2, -0.15) is 0 Å². The van der Waals surface area contributed by atoms with Crippen molar-refractivity contribution in [3.8, 4) is 17.3 Å². The summed E-state index contributed by atoms with van der Waals surface area (Å²) in [5.74, 6) is -1.18. The molecular weight excluding hydrogens is 348 g/mol. The first-order chi connectivity index (χ1) is 12.9. The lowest BCUT2D eigenvalue weighted by Gasteiger charge is -2.05. The highest BCUT2D eigenvalue weighted by molar-refractivity contribution is 5.95. The van der Waals surface area contributed by atoms with Gasteiger partial charge in [-0.15, -0.1) is 0 Å². The molecule has 0 atom stereocenters. The highest BCUT2D eigenvalue weighted by Gasteiger charge is 2.14. The van der Waals surface area contributed by atoms with Gasteiger partial charge in [0.25, 0.3) is 0 Å². The Kier molecular flexibility index (Phi) is 4.80. The van der Waals surface area contributed by atoms with Crippen LogP contribution >= 0.6 is 0 Å². The number of nitrogen functional groups attached to an aromatic ring is 1. The third-order valence-corrected chi connectivity index (χ3v) is 4.15. The van der Waals surface area contributed by atoms with Gasteiger partial charge >= 0.3 is 11.7 Å². The number of carboxylic acids is 1. The summed E-state index contributed by atoms with van der Waals surface area (Å²) in [6.07, 6.45) is 1.75. The molecule has 0 aliphatic carbocycles. The molecule has 0 fully saturated rings. The van der Waals surface area contributed by atoms with E-state index in [-0.39, 0.29) is 18.1 Å². The predicted octanol–water partition coefficient (Wildman–Crippen LogP) is 1.64. The summed E-state index contributed by atoms with van der Waals surface area (Å²) >= 11 is 0. The van der Waals surface area contributed by atoms with E-state index in [2.05, 4.69) is 0 Å². The van der Waals surface area contributed by atoms with E-state index in [0.717, 1.165) is 10.1 Å². The molecule has 0 spiro atoms. The lowest BCUT2D eigenvalue weighted by atomic mass is 10.1. The van der Waals surface area contributed by atoms with Crippen LogP contribution in [0.5, 0.6) is 5.88 Å². The van der Waals surface area contributed by atoms with Crippen LogP contribution in [-0.4, -0.2) is 31.2 Å². The number of nitrogens with zero attached hydrogens (tertiary/aromatic N) is 2. The van der Waals surface area contributed by atoms with Gasteiger partial charge in [-0.1, -0.05) is 12.1 Å². The molecule has 3 aromatic rings. The highest BCUT2D eigenvalue weighted by atomic mass is 16.4. The summed E-state index contributed by atoms with van der Waals surface area (Å²) in [4.78, 5) is 23.4. The van der Waals surface area contributed by atoms with Crippen molar-refractivity contribution < 1.29 is 15.0 Å². The number of aliphatic carboxylic acids is 1. The molecule has 1 heterocycles. The fourth-order valence-electron chi connectivity index (χ4n) is 2.73. The zero-order valence-electron chi connectivity index (χ0n) is 14.3. The Balaban J connectivity index is 1.92. The fraction of sp³-hybridized carbons (Fsp3) is 0.105. The Labute approximate surface area is 154 Å². The molecule has 0 bridgehead atoms. The number of rotatable bonds is 6. The monoisotopic (exact) mass is 366 g/mol.